The molecule has 2 aliphatic heterocycles. The second-order valence-corrected chi connectivity index (χ2v) is 11.4. The van der Waals surface area contributed by atoms with Gasteiger partial charge in [-0.25, -0.2) is 9.59 Å². The molecular weight excluding hydrogens is 588 g/mol. The van der Waals surface area contributed by atoms with Crippen LogP contribution in [0.4, 0.5) is 35.9 Å². The highest BCUT2D eigenvalue weighted by Gasteiger charge is 2.38. The number of nitrogens with zero attached hydrogens (tertiary/aromatic N) is 5. The van der Waals surface area contributed by atoms with Gasteiger partial charge in [-0.2, -0.15) is 31.4 Å². The van der Waals surface area contributed by atoms with Gasteiger partial charge in [0.05, 0.1) is 29.9 Å². The van der Waals surface area contributed by atoms with Gasteiger partial charge in [0, 0.05) is 32.2 Å². The number of fused-ring (bicyclic) bond motifs is 1. The third-order valence-electron chi connectivity index (χ3n) is 6.83. The van der Waals surface area contributed by atoms with Crippen LogP contribution in [0.3, 0.4) is 0 Å². The summed E-state index contributed by atoms with van der Waals surface area (Å²) in [4.78, 5) is 42.7. The highest BCUT2D eigenvalue weighted by molar-refractivity contribution is 5.92. The second kappa shape index (κ2) is 11.6. The van der Waals surface area contributed by atoms with Gasteiger partial charge in [-0.1, -0.05) is 0 Å². The number of carbonyl (C=O) groups is 3. The summed E-state index contributed by atoms with van der Waals surface area (Å²) < 4.78 is 90.8. The Bertz CT molecular complexity index is 1350. The second-order valence-electron chi connectivity index (χ2n) is 11.4. The van der Waals surface area contributed by atoms with Gasteiger partial charge in [-0.05, 0) is 57.5 Å². The van der Waals surface area contributed by atoms with E-state index in [9.17, 15) is 40.7 Å². The van der Waals surface area contributed by atoms with Crippen molar-refractivity contribution < 1.29 is 50.2 Å². The summed E-state index contributed by atoms with van der Waals surface area (Å²) in [5, 5.41) is 4.33. The molecular formula is C27H31F6N5O5. The molecule has 4 rings (SSSR count). The van der Waals surface area contributed by atoms with Gasteiger partial charge in [-0.15, -0.1) is 0 Å². The zero-order chi connectivity index (χ0) is 31.9. The SMILES string of the molecule is CC1CN(C(=O)c2cc3n(n2)CCN(C(=O)OCc2cc(C(F)(F)F)cc(C(F)(F)F)c2)C3)CCN1C(=O)OC(C)(C)C. The Hall–Kier alpha value is -3.98. The van der Waals surface area contributed by atoms with Gasteiger partial charge < -0.3 is 24.2 Å². The predicted molar refractivity (Wildman–Crippen MR) is 138 cm³/mol. The molecule has 43 heavy (non-hydrogen) atoms. The van der Waals surface area contributed by atoms with Crippen molar-refractivity contribution in [3.05, 3.63) is 52.3 Å². The van der Waals surface area contributed by atoms with E-state index >= 15 is 0 Å². The van der Waals surface area contributed by atoms with E-state index in [1.807, 2.05) is 0 Å². The number of piperazine rings is 1. The Morgan fingerprint density at radius 1 is 0.860 bits per heavy atom. The maximum atomic E-state index is 13.2. The molecule has 1 fully saturated rings. The van der Waals surface area contributed by atoms with Crippen molar-refractivity contribution >= 4 is 18.1 Å². The zero-order valence-electron chi connectivity index (χ0n) is 23.9. The highest BCUT2D eigenvalue weighted by atomic mass is 19.4. The van der Waals surface area contributed by atoms with Crippen LogP contribution in [0.5, 0.6) is 0 Å². The van der Waals surface area contributed by atoms with E-state index in [-0.39, 0.29) is 63.0 Å². The number of amides is 3. The summed E-state index contributed by atoms with van der Waals surface area (Å²) in [6, 6.07) is 2.20. The molecule has 16 heteroatoms. The third-order valence-corrected chi connectivity index (χ3v) is 6.83. The van der Waals surface area contributed by atoms with Crippen LogP contribution < -0.4 is 0 Å². The number of alkyl halides is 6. The van der Waals surface area contributed by atoms with Crippen molar-refractivity contribution in [2.24, 2.45) is 0 Å². The smallest absolute Gasteiger partial charge is 0.416 e. The minimum atomic E-state index is -5.02. The number of aromatic nitrogens is 2. The summed E-state index contributed by atoms with van der Waals surface area (Å²) in [5.74, 6) is -0.364. The third kappa shape index (κ3) is 7.70. The fraction of sp³-hybridized carbons (Fsp3) is 0.556. The minimum absolute atomic E-state index is 0.00241. The van der Waals surface area contributed by atoms with Crippen LogP contribution in [0.25, 0.3) is 0 Å². The molecule has 3 amide bonds. The fourth-order valence-corrected chi connectivity index (χ4v) is 4.76. The molecule has 1 atom stereocenters. The number of hydrogen-bond donors (Lipinski definition) is 0. The minimum Gasteiger partial charge on any atom is -0.445 e. The molecule has 0 aliphatic carbocycles. The van der Waals surface area contributed by atoms with E-state index in [0.29, 0.717) is 17.8 Å². The van der Waals surface area contributed by atoms with E-state index in [0.717, 1.165) is 0 Å². The first kappa shape index (κ1) is 31.9. The lowest BCUT2D eigenvalue weighted by Gasteiger charge is -2.40. The fourth-order valence-electron chi connectivity index (χ4n) is 4.76. The summed E-state index contributed by atoms with van der Waals surface area (Å²) >= 11 is 0. The molecule has 1 aromatic carbocycles. The van der Waals surface area contributed by atoms with Crippen molar-refractivity contribution in [3.63, 3.8) is 0 Å². The topological polar surface area (TPSA) is 97.2 Å². The Morgan fingerprint density at radius 2 is 1.47 bits per heavy atom. The summed E-state index contributed by atoms with van der Waals surface area (Å²) in [7, 11) is 0. The van der Waals surface area contributed by atoms with Crippen LogP contribution in [0.1, 0.15) is 60.6 Å². The van der Waals surface area contributed by atoms with Gasteiger partial charge in [0.15, 0.2) is 5.69 Å². The van der Waals surface area contributed by atoms with Crippen LogP contribution in [-0.4, -0.2) is 80.4 Å². The van der Waals surface area contributed by atoms with E-state index in [1.165, 1.54) is 11.0 Å². The molecule has 0 saturated carbocycles. The average molecular weight is 620 g/mol. The van der Waals surface area contributed by atoms with Gasteiger partial charge in [-0.3, -0.25) is 9.48 Å². The predicted octanol–water partition coefficient (Wildman–Crippen LogP) is 5.15. The molecule has 0 bridgehead atoms. The van der Waals surface area contributed by atoms with Crippen molar-refractivity contribution in [1.82, 2.24) is 24.5 Å². The Labute approximate surface area is 243 Å². The lowest BCUT2D eigenvalue weighted by Crippen LogP contribution is -2.56. The molecule has 0 N–H and O–H groups in total. The van der Waals surface area contributed by atoms with Gasteiger partial charge in [0.25, 0.3) is 5.91 Å². The lowest BCUT2D eigenvalue weighted by molar-refractivity contribution is -0.143. The molecule has 1 aromatic heterocycles. The highest BCUT2D eigenvalue weighted by Crippen LogP contribution is 2.36. The Balaban J connectivity index is 1.37. The van der Waals surface area contributed by atoms with Crippen LogP contribution >= 0.6 is 0 Å². The molecule has 2 aliphatic rings. The van der Waals surface area contributed by atoms with E-state index < -0.39 is 53.4 Å². The number of hydrogen-bond acceptors (Lipinski definition) is 6. The Kier molecular flexibility index (Phi) is 8.62. The molecule has 0 spiro atoms. The summed E-state index contributed by atoms with van der Waals surface area (Å²) in [6.45, 7) is 7.29. The summed E-state index contributed by atoms with van der Waals surface area (Å²) in [5.41, 5.74) is -3.51. The van der Waals surface area contributed by atoms with Crippen molar-refractivity contribution in [1.29, 1.82) is 0 Å². The van der Waals surface area contributed by atoms with Crippen LogP contribution in [0.2, 0.25) is 0 Å². The molecule has 236 valence electrons. The first-order valence-corrected chi connectivity index (χ1v) is 13.4. The van der Waals surface area contributed by atoms with E-state index in [1.54, 1.807) is 42.2 Å². The number of halogens is 6. The van der Waals surface area contributed by atoms with Crippen LogP contribution in [0.15, 0.2) is 24.3 Å². The molecule has 1 unspecified atom stereocenters. The average Bonchev–Trinajstić information content (AvgIpc) is 3.32. The lowest BCUT2D eigenvalue weighted by atomic mass is 10.1. The summed E-state index contributed by atoms with van der Waals surface area (Å²) in [6.07, 6.45) is -11.5. The van der Waals surface area contributed by atoms with Crippen LogP contribution in [0, 0.1) is 0 Å². The van der Waals surface area contributed by atoms with Crippen molar-refractivity contribution in [2.75, 3.05) is 26.2 Å². The molecule has 0 radical (unpaired) electrons. The normalized spacial score (nSPS) is 17.9. The standard InChI is InChI=1S/C27H31F6N5O5/c1-16-13-35(5-7-37(16)24(41)43-25(2,3)4)22(39)21-12-20-14-36(6-8-38(20)34-21)23(40)42-15-17-9-18(26(28,29)30)11-19(10-17)27(31,32)33/h9-12,16H,5-8,13-15H2,1-4H3. The maximum Gasteiger partial charge on any atom is 0.416 e. The van der Waals surface area contributed by atoms with Crippen molar-refractivity contribution in [3.8, 4) is 0 Å². The molecule has 2 aromatic rings. The van der Waals surface area contributed by atoms with Gasteiger partial charge in [0.2, 0.25) is 0 Å². The number of ether oxygens (including phenoxy) is 2. The largest absolute Gasteiger partial charge is 0.445 e. The number of carbonyl (C=O) groups excluding carboxylic acids is 3. The molecule has 1 saturated heterocycles. The van der Waals surface area contributed by atoms with Crippen LogP contribution in [-0.2, 0) is 41.5 Å². The molecule has 3 heterocycles. The first-order valence-electron chi connectivity index (χ1n) is 13.4. The number of benzene rings is 1. The molecule has 10 nitrogen and oxygen atoms in total. The quantitative estimate of drug-likeness (QED) is 0.441. The Morgan fingerprint density at radius 3 is 2.02 bits per heavy atom. The van der Waals surface area contributed by atoms with E-state index in [2.05, 4.69) is 5.10 Å². The van der Waals surface area contributed by atoms with Gasteiger partial charge >= 0.3 is 24.5 Å². The zero-order valence-corrected chi connectivity index (χ0v) is 23.9. The number of rotatable bonds is 3. The maximum absolute atomic E-state index is 13.2. The first-order chi connectivity index (χ1) is 19.8. The monoisotopic (exact) mass is 619 g/mol. The van der Waals surface area contributed by atoms with Gasteiger partial charge in [0.1, 0.15) is 12.2 Å². The van der Waals surface area contributed by atoms with E-state index in [4.69, 9.17) is 9.47 Å². The van der Waals surface area contributed by atoms with Crippen molar-refractivity contribution in [2.45, 2.75) is 71.4 Å².